The summed E-state index contributed by atoms with van der Waals surface area (Å²) in [5.74, 6) is -2.14. The molecular weight excluding hydrogens is 449 g/mol. The molecule has 8 nitrogen and oxygen atoms in total. The number of hydrogen-bond acceptors (Lipinski definition) is 6. The lowest BCUT2D eigenvalue weighted by Crippen LogP contribution is -2.71. The van der Waals surface area contributed by atoms with Gasteiger partial charge in [0.15, 0.2) is 0 Å². The number of thioether (sulfide) groups is 1. The minimum atomic E-state index is -0.806. The van der Waals surface area contributed by atoms with Gasteiger partial charge in [-0.2, -0.15) is 5.06 Å². The number of nitrogens with zero attached hydrogens (tertiary/aromatic N) is 2. The van der Waals surface area contributed by atoms with Gasteiger partial charge in [-0.1, -0.05) is 30.3 Å². The summed E-state index contributed by atoms with van der Waals surface area (Å²) < 4.78 is 13.1. The van der Waals surface area contributed by atoms with E-state index in [0.717, 1.165) is 22.8 Å². The van der Waals surface area contributed by atoms with Crippen molar-refractivity contribution in [3.8, 4) is 0 Å². The van der Waals surface area contributed by atoms with Gasteiger partial charge in [0.25, 0.3) is 11.8 Å². The van der Waals surface area contributed by atoms with Gasteiger partial charge in [-0.15, -0.1) is 11.8 Å². The van der Waals surface area contributed by atoms with Gasteiger partial charge in [-0.05, 0) is 35.4 Å². The smallest absolute Gasteiger partial charge is 0.341 e. The molecule has 2 atom stereocenters. The summed E-state index contributed by atoms with van der Waals surface area (Å²) in [4.78, 5) is 57.1. The molecule has 3 aliphatic heterocycles. The number of amides is 3. The minimum absolute atomic E-state index is 0.00577. The third-order valence-electron chi connectivity index (χ3n) is 5.61. The maximum atomic E-state index is 13.1. The lowest BCUT2D eigenvalue weighted by Gasteiger charge is -2.51. The molecule has 3 amide bonds. The highest BCUT2D eigenvalue weighted by Crippen LogP contribution is 2.42. The van der Waals surface area contributed by atoms with Crippen LogP contribution in [0, 0.1) is 5.82 Å². The Labute approximate surface area is 192 Å². The number of nitrogens with one attached hydrogen (secondary N) is 1. The Kier molecular flexibility index (Phi) is 5.37. The van der Waals surface area contributed by atoms with Crippen LogP contribution >= 0.6 is 11.8 Å². The van der Waals surface area contributed by atoms with Gasteiger partial charge in [0.1, 0.15) is 22.9 Å². The number of rotatable bonds is 4. The maximum absolute atomic E-state index is 13.1. The third kappa shape index (κ3) is 3.86. The molecule has 168 valence electrons. The summed E-state index contributed by atoms with van der Waals surface area (Å²) in [6.45, 7) is 0.00577. The van der Waals surface area contributed by atoms with E-state index >= 15 is 0 Å². The molecule has 0 aromatic heterocycles. The van der Waals surface area contributed by atoms with E-state index in [2.05, 4.69) is 5.32 Å². The van der Waals surface area contributed by atoms with Crippen LogP contribution in [0.25, 0.3) is 0 Å². The highest BCUT2D eigenvalue weighted by molar-refractivity contribution is 8.00. The molecule has 3 heterocycles. The van der Waals surface area contributed by atoms with Gasteiger partial charge in [-0.25, -0.2) is 9.18 Å². The first kappa shape index (κ1) is 21.2. The Balaban J connectivity index is 1.27. The van der Waals surface area contributed by atoms with Gasteiger partial charge in [0.2, 0.25) is 5.91 Å². The van der Waals surface area contributed by atoms with Crippen molar-refractivity contribution < 1.29 is 28.4 Å². The number of fused-ring (bicyclic) bond motifs is 2. The lowest BCUT2D eigenvalue weighted by molar-refractivity contribution is -0.180. The maximum Gasteiger partial charge on any atom is 0.379 e. The monoisotopic (exact) mass is 467 g/mol. The Morgan fingerprint density at radius 2 is 1.82 bits per heavy atom. The molecular formula is C23H18FN3O5S. The molecule has 10 heteroatoms. The average molecular weight is 467 g/mol. The fourth-order valence-corrected chi connectivity index (χ4v) is 5.33. The number of hydrogen-bond donors (Lipinski definition) is 1. The van der Waals surface area contributed by atoms with E-state index in [-0.39, 0.29) is 30.1 Å². The lowest BCUT2D eigenvalue weighted by atomic mass is 10.0. The second kappa shape index (κ2) is 8.36. The van der Waals surface area contributed by atoms with Gasteiger partial charge < -0.3 is 10.2 Å². The first-order valence-corrected chi connectivity index (χ1v) is 11.3. The zero-order valence-corrected chi connectivity index (χ0v) is 18.0. The summed E-state index contributed by atoms with van der Waals surface area (Å²) in [7, 11) is 0. The number of carbonyl (C=O) groups is 4. The fraction of sp³-hybridized carbons (Fsp3) is 0.217. The predicted molar refractivity (Wildman–Crippen MR) is 116 cm³/mol. The molecule has 1 fully saturated rings. The van der Waals surface area contributed by atoms with Crippen molar-refractivity contribution in [2.24, 2.45) is 0 Å². The van der Waals surface area contributed by atoms with E-state index in [1.807, 2.05) is 30.3 Å². The molecule has 2 aromatic carbocycles. The molecule has 0 saturated carbocycles. The standard InChI is InChI=1S/C23H18FN3O5S/c24-16-8-6-14(7-9-16)20(29)26-11-15-12-33-22-18(21(30)27(22)19(15)23(31)32-26)25-17(28)10-13-4-2-1-3-5-13/h1-9,18,22H,10-12H2,(H,25,28)/t18-,22-/m1/s1. The number of carbonyl (C=O) groups excluding carboxylic acids is 4. The molecule has 3 aliphatic rings. The Bertz CT molecular complexity index is 1180. The first-order chi connectivity index (χ1) is 15.9. The molecule has 5 rings (SSSR count). The SMILES string of the molecule is O=C(Cc1ccccc1)N[C@@H]1C(=O)N2C3=C(CS[C@H]12)CN(C(=O)c1ccc(F)cc1)OC3=O. The van der Waals surface area contributed by atoms with E-state index in [9.17, 15) is 23.6 Å². The molecule has 33 heavy (non-hydrogen) atoms. The second-order valence-corrected chi connectivity index (χ2v) is 8.90. The van der Waals surface area contributed by atoms with Crippen LogP contribution in [-0.2, 0) is 25.6 Å². The van der Waals surface area contributed by atoms with Gasteiger partial charge in [0.05, 0.1) is 13.0 Å². The van der Waals surface area contributed by atoms with Crippen molar-refractivity contribution in [2.75, 3.05) is 12.3 Å². The number of benzene rings is 2. The number of β-lactam (4-membered cyclic amide) rings is 1. The zero-order valence-electron chi connectivity index (χ0n) is 17.2. The molecule has 2 aromatic rings. The van der Waals surface area contributed by atoms with Crippen LogP contribution in [0.15, 0.2) is 65.9 Å². The highest BCUT2D eigenvalue weighted by Gasteiger charge is 2.55. The quantitative estimate of drug-likeness (QED) is 0.687. The summed E-state index contributed by atoms with van der Waals surface area (Å²) in [5.41, 5.74) is 1.73. The van der Waals surface area contributed by atoms with Crippen LogP contribution in [0.4, 0.5) is 4.39 Å². The van der Waals surface area contributed by atoms with Crippen LogP contribution in [-0.4, -0.2) is 57.4 Å². The molecule has 0 spiro atoms. The van der Waals surface area contributed by atoms with E-state index in [0.29, 0.717) is 11.3 Å². The van der Waals surface area contributed by atoms with E-state index in [1.54, 1.807) is 0 Å². The molecule has 0 aliphatic carbocycles. The van der Waals surface area contributed by atoms with Gasteiger partial charge >= 0.3 is 5.97 Å². The number of halogens is 1. The zero-order chi connectivity index (χ0) is 23.1. The van der Waals surface area contributed by atoms with Crippen molar-refractivity contribution in [2.45, 2.75) is 17.8 Å². The predicted octanol–water partition coefficient (Wildman–Crippen LogP) is 1.64. The van der Waals surface area contributed by atoms with E-state index in [1.165, 1.54) is 28.8 Å². The highest BCUT2D eigenvalue weighted by atomic mass is 32.2. The second-order valence-electron chi connectivity index (χ2n) is 7.80. The van der Waals surface area contributed by atoms with Crippen LogP contribution in [0.1, 0.15) is 15.9 Å². The largest absolute Gasteiger partial charge is 0.379 e. The molecule has 0 bridgehead atoms. The summed E-state index contributed by atoms with van der Waals surface area (Å²) in [6.07, 6.45) is 0.151. The molecule has 1 saturated heterocycles. The van der Waals surface area contributed by atoms with Gasteiger partial charge in [-0.3, -0.25) is 19.3 Å². The Morgan fingerprint density at radius 3 is 2.55 bits per heavy atom. The normalized spacial score (nSPS) is 21.6. The van der Waals surface area contributed by atoms with Crippen LogP contribution in [0.3, 0.4) is 0 Å². The van der Waals surface area contributed by atoms with Crippen molar-refractivity contribution in [3.63, 3.8) is 0 Å². The third-order valence-corrected chi connectivity index (χ3v) is 6.95. The van der Waals surface area contributed by atoms with E-state index in [4.69, 9.17) is 4.84 Å². The minimum Gasteiger partial charge on any atom is -0.341 e. The molecule has 0 radical (unpaired) electrons. The molecule has 1 N–H and O–H groups in total. The molecule has 0 unspecified atom stereocenters. The number of hydroxylamine groups is 2. The Morgan fingerprint density at radius 1 is 1.09 bits per heavy atom. The van der Waals surface area contributed by atoms with Crippen LogP contribution in [0.2, 0.25) is 0 Å². The Hall–Kier alpha value is -3.66. The summed E-state index contributed by atoms with van der Waals surface area (Å²) >= 11 is 1.41. The summed E-state index contributed by atoms with van der Waals surface area (Å²) in [6, 6.07) is 13.4. The van der Waals surface area contributed by atoms with E-state index < -0.39 is 35.0 Å². The topological polar surface area (TPSA) is 96.0 Å². The van der Waals surface area contributed by atoms with Crippen molar-refractivity contribution in [1.29, 1.82) is 0 Å². The van der Waals surface area contributed by atoms with Crippen LogP contribution < -0.4 is 5.32 Å². The average Bonchev–Trinajstić information content (AvgIpc) is 2.82. The fourth-order valence-electron chi connectivity index (χ4n) is 4.00. The van der Waals surface area contributed by atoms with Crippen LogP contribution in [0.5, 0.6) is 0 Å². The van der Waals surface area contributed by atoms with Crippen molar-refractivity contribution >= 4 is 35.5 Å². The van der Waals surface area contributed by atoms with Crippen molar-refractivity contribution in [3.05, 3.63) is 82.8 Å². The van der Waals surface area contributed by atoms with Gasteiger partial charge in [0, 0.05) is 11.3 Å². The van der Waals surface area contributed by atoms with Crippen molar-refractivity contribution in [1.82, 2.24) is 15.3 Å². The summed E-state index contributed by atoms with van der Waals surface area (Å²) in [5, 5.41) is 3.26. The first-order valence-electron chi connectivity index (χ1n) is 10.2.